The SMILES string of the molecule is C[C@@]1(c2ccnc(Cl)c2)NC(=O)COC1=O. The van der Waals surface area contributed by atoms with Crippen LogP contribution in [0.5, 0.6) is 0 Å². The van der Waals surface area contributed by atoms with Crippen LogP contribution >= 0.6 is 11.6 Å². The molecule has 5 nitrogen and oxygen atoms in total. The third-order valence-electron chi connectivity index (χ3n) is 2.44. The van der Waals surface area contributed by atoms with Gasteiger partial charge in [0.05, 0.1) is 0 Å². The van der Waals surface area contributed by atoms with Gasteiger partial charge in [0.1, 0.15) is 5.15 Å². The summed E-state index contributed by atoms with van der Waals surface area (Å²) in [4.78, 5) is 26.7. The fourth-order valence-corrected chi connectivity index (χ4v) is 1.72. The molecule has 1 atom stereocenters. The van der Waals surface area contributed by atoms with Gasteiger partial charge in [-0.15, -0.1) is 0 Å². The number of nitrogens with zero attached hydrogens (tertiary/aromatic N) is 1. The van der Waals surface area contributed by atoms with Gasteiger partial charge in [0, 0.05) is 6.20 Å². The number of morpholine rings is 1. The molecule has 0 aromatic carbocycles. The average molecular weight is 241 g/mol. The van der Waals surface area contributed by atoms with Crippen molar-refractivity contribution in [2.45, 2.75) is 12.5 Å². The van der Waals surface area contributed by atoms with Crippen molar-refractivity contribution >= 4 is 23.5 Å². The Morgan fingerprint density at radius 1 is 1.56 bits per heavy atom. The Morgan fingerprint density at radius 3 is 3.00 bits per heavy atom. The molecule has 1 saturated heterocycles. The first-order valence-electron chi connectivity index (χ1n) is 4.62. The molecule has 0 bridgehead atoms. The molecule has 6 heteroatoms. The summed E-state index contributed by atoms with van der Waals surface area (Å²) in [6.45, 7) is 1.32. The van der Waals surface area contributed by atoms with Crippen molar-refractivity contribution in [2.75, 3.05) is 6.61 Å². The summed E-state index contributed by atoms with van der Waals surface area (Å²) in [5, 5.41) is 2.84. The lowest BCUT2D eigenvalue weighted by Crippen LogP contribution is -2.56. The fraction of sp³-hybridized carbons (Fsp3) is 0.300. The van der Waals surface area contributed by atoms with Crippen LogP contribution in [0.1, 0.15) is 12.5 Å². The smallest absolute Gasteiger partial charge is 0.336 e. The van der Waals surface area contributed by atoms with Gasteiger partial charge in [0.15, 0.2) is 12.1 Å². The lowest BCUT2D eigenvalue weighted by molar-refractivity contribution is -0.163. The van der Waals surface area contributed by atoms with Crippen LogP contribution in [0.2, 0.25) is 5.15 Å². The van der Waals surface area contributed by atoms with E-state index in [0.717, 1.165) is 0 Å². The van der Waals surface area contributed by atoms with Crippen molar-refractivity contribution in [1.82, 2.24) is 10.3 Å². The first kappa shape index (κ1) is 10.9. The maximum absolute atomic E-state index is 11.7. The number of ether oxygens (including phenoxy) is 1. The molecule has 2 heterocycles. The summed E-state index contributed by atoms with van der Waals surface area (Å²) >= 11 is 5.73. The summed E-state index contributed by atoms with van der Waals surface area (Å²) in [7, 11) is 0. The molecular weight excluding hydrogens is 232 g/mol. The zero-order valence-corrected chi connectivity index (χ0v) is 9.25. The Labute approximate surface area is 96.8 Å². The van der Waals surface area contributed by atoms with E-state index in [-0.39, 0.29) is 17.7 Å². The van der Waals surface area contributed by atoms with Crippen LogP contribution in [0.4, 0.5) is 0 Å². The van der Waals surface area contributed by atoms with Gasteiger partial charge in [-0.2, -0.15) is 0 Å². The van der Waals surface area contributed by atoms with Crippen LogP contribution in [0.25, 0.3) is 0 Å². The highest BCUT2D eigenvalue weighted by atomic mass is 35.5. The molecule has 1 aromatic rings. The molecule has 0 spiro atoms. The second kappa shape index (κ2) is 3.75. The van der Waals surface area contributed by atoms with E-state index in [1.54, 1.807) is 13.0 Å². The summed E-state index contributed by atoms with van der Waals surface area (Å²) < 4.78 is 4.79. The number of esters is 1. The molecule has 1 aromatic heterocycles. The van der Waals surface area contributed by atoms with E-state index in [0.29, 0.717) is 5.56 Å². The number of amides is 1. The van der Waals surface area contributed by atoms with Crippen molar-refractivity contribution < 1.29 is 14.3 Å². The molecule has 1 N–H and O–H groups in total. The monoisotopic (exact) mass is 240 g/mol. The molecule has 84 valence electrons. The van der Waals surface area contributed by atoms with E-state index in [2.05, 4.69) is 10.3 Å². The third kappa shape index (κ3) is 1.74. The molecule has 0 radical (unpaired) electrons. The van der Waals surface area contributed by atoms with Gasteiger partial charge in [-0.1, -0.05) is 11.6 Å². The zero-order valence-electron chi connectivity index (χ0n) is 8.49. The maximum atomic E-state index is 11.7. The van der Waals surface area contributed by atoms with Gasteiger partial charge < -0.3 is 10.1 Å². The minimum atomic E-state index is -1.19. The van der Waals surface area contributed by atoms with Crippen LogP contribution in [0, 0.1) is 0 Å². The van der Waals surface area contributed by atoms with E-state index in [1.807, 2.05) is 0 Å². The standard InChI is InChI=1S/C10H9ClN2O3/c1-10(6-2-3-12-7(11)4-6)9(15)16-5-8(14)13-10/h2-4H,5H2,1H3,(H,13,14)/t10-/m0/s1. The van der Waals surface area contributed by atoms with Crippen LogP contribution in [0.15, 0.2) is 18.3 Å². The molecule has 2 rings (SSSR count). The molecule has 1 aliphatic rings. The molecule has 1 amide bonds. The van der Waals surface area contributed by atoms with Gasteiger partial charge in [-0.25, -0.2) is 9.78 Å². The summed E-state index contributed by atoms with van der Waals surface area (Å²) in [6.07, 6.45) is 1.47. The Hall–Kier alpha value is -1.62. The lowest BCUT2D eigenvalue weighted by Gasteiger charge is -2.32. The number of carbonyl (C=O) groups excluding carboxylic acids is 2. The molecule has 0 unspecified atom stereocenters. The minimum absolute atomic E-state index is 0.243. The van der Waals surface area contributed by atoms with Crippen LogP contribution in [-0.2, 0) is 19.9 Å². The fourth-order valence-electron chi connectivity index (χ4n) is 1.54. The van der Waals surface area contributed by atoms with E-state index in [1.165, 1.54) is 12.3 Å². The Bertz CT molecular complexity index is 463. The largest absolute Gasteiger partial charge is 0.454 e. The van der Waals surface area contributed by atoms with Crippen molar-refractivity contribution in [3.63, 3.8) is 0 Å². The summed E-state index contributed by atoms with van der Waals surface area (Å²) in [6, 6.07) is 3.13. The predicted molar refractivity (Wildman–Crippen MR) is 55.7 cm³/mol. The van der Waals surface area contributed by atoms with Crippen molar-refractivity contribution in [3.8, 4) is 0 Å². The third-order valence-corrected chi connectivity index (χ3v) is 2.64. The van der Waals surface area contributed by atoms with Crippen LogP contribution < -0.4 is 5.32 Å². The first-order valence-corrected chi connectivity index (χ1v) is 5.00. The number of halogens is 1. The van der Waals surface area contributed by atoms with Gasteiger partial charge >= 0.3 is 5.97 Å². The Balaban J connectivity index is 2.43. The molecule has 0 aliphatic carbocycles. The van der Waals surface area contributed by atoms with E-state index >= 15 is 0 Å². The van der Waals surface area contributed by atoms with Gasteiger partial charge in [0.2, 0.25) is 0 Å². The predicted octanol–water partition coefficient (Wildman–Crippen LogP) is 0.623. The Morgan fingerprint density at radius 2 is 2.31 bits per heavy atom. The van der Waals surface area contributed by atoms with Crippen molar-refractivity contribution in [2.24, 2.45) is 0 Å². The summed E-state index contributed by atoms with van der Waals surface area (Å²) in [5.74, 6) is -0.843. The van der Waals surface area contributed by atoms with Crippen LogP contribution in [-0.4, -0.2) is 23.5 Å². The lowest BCUT2D eigenvalue weighted by atomic mass is 9.92. The normalized spacial score (nSPS) is 24.9. The van der Waals surface area contributed by atoms with E-state index in [9.17, 15) is 9.59 Å². The second-order valence-corrected chi connectivity index (χ2v) is 4.00. The number of carbonyl (C=O) groups is 2. The van der Waals surface area contributed by atoms with Crippen molar-refractivity contribution in [3.05, 3.63) is 29.0 Å². The van der Waals surface area contributed by atoms with Gasteiger partial charge in [-0.05, 0) is 24.6 Å². The second-order valence-electron chi connectivity index (χ2n) is 3.62. The number of aromatic nitrogens is 1. The maximum Gasteiger partial charge on any atom is 0.336 e. The van der Waals surface area contributed by atoms with E-state index in [4.69, 9.17) is 16.3 Å². The minimum Gasteiger partial charge on any atom is -0.454 e. The van der Waals surface area contributed by atoms with E-state index < -0.39 is 11.5 Å². The van der Waals surface area contributed by atoms with Crippen LogP contribution in [0.3, 0.4) is 0 Å². The topological polar surface area (TPSA) is 68.3 Å². The highest BCUT2D eigenvalue weighted by Gasteiger charge is 2.42. The van der Waals surface area contributed by atoms with Gasteiger partial charge in [-0.3, -0.25) is 4.79 Å². The first-order chi connectivity index (χ1) is 7.52. The Kier molecular flexibility index (Phi) is 2.55. The van der Waals surface area contributed by atoms with Gasteiger partial charge in [0.25, 0.3) is 5.91 Å². The molecule has 1 fully saturated rings. The zero-order chi connectivity index (χ0) is 11.8. The molecular formula is C10H9ClN2O3. The number of rotatable bonds is 1. The molecule has 1 aliphatic heterocycles. The number of hydrogen-bond acceptors (Lipinski definition) is 4. The highest BCUT2D eigenvalue weighted by Crippen LogP contribution is 2.25. The number of nitrogens with one attached hydrogen (secondary N) is 1. The van der Waals surface area contributed by atoms with Crippen molar-refractivity contribution in [1.29, 1.82) is 0 Å². The summed E-state index contributed by atoms with van der Waals surface area (Å²) in [5.41, 5.74) is -0.646. The molecule has 0 saturated carbocycles. The molecule has 16 heavy (non-hydrogen) atoms. The average Bonchev–Trinajstić information content (AvgIpc) is 2.24. The number of cyclic esters (lactones) is 1. The number of hydrogen-bond donors (Lipinski definition) is 1. The number of pyridine rings is 1. The highest BCUT2D eigenvalue weighted by molar-refractivity contribution is 6.29. The quantitative estimate of drug-likeness (QED) is 0.577.